The minimum absolute atomic E-state index is 0.0207. The SMILES string of the molecule is CCCNS(=O)(=O)c1cc(C(=O)Nc2ccc(F)c(F)c2)ccc1OC. The predicted octanol–water partition coefficient (Wildman–Crippen LogP) is 2.91. The van der Waals surface area contributed by atoms with Gasteiger partial charge in [-0.2, -0.15) is 0 Å². The van der Waals surface area contributed by atoms with Crippen molar-refractivity contribution < 1.29 is 26.7 Å². The summed E-state index contributed by atoms with van der Waals surface area (Å²) in [4.78, 5) is 12.1. The van der Waals surface area contributed by atoms with Crippen molar-refractivity contribution in [3.8, 4) is 5.75 Å². The van der Waals surface area contributed by atoms with Crippen LogP contribution < -0.4 is 14.8 Å². The van der Waals surface area contributed by atoms with Crippen LogP contribution in [0.1, 0.15) is 23.7 Å². The smallest absolute Gasteiger partial charge is 0.255 e. The normalized spacial score (nSPS) is 11.2. The largest absolute Gasteiger partial charge is 0.495 e. The second-order valence-corrected chi connectivity index (χ2v) is 7.08. The molecule has 0 aliphatic carbocycles. The molecule has 2 aromatic carbocycles. The molecule has 0 saturated carbocycles. The van der Waals surface area contributed by atoms with Gasteiger partial charge in [-0.1, -0.05) is 6.92 Å². The van der Waals surface area contributed by atoms with Crippen LogP contribution in [0.3, 0.4) is 0 Å². The summed E-state index contributed by atoms with van der Waals surface area (Å²) in [6.07, 6.45) is 0.595. The number of amides is 1. The molecule has 0 bridgehead atoms. The van der Waals surface area contributed by atoms with Crippen LogP contribution in [0.25, 0.3) is 0 Å². The Morgan fingerprint density at radius 1 is 1.12 bits per heavy atom. The number of carbonyl (C=O) groups is 1. The molecule has 26 heavy (non-hydrogen) atoms. The first-order chi connectivity index (χ1) is 12.3. The van der Waals surface area contributed by atoms with Crippen molar-refractivity contribution in [3.05, 3.63) is 53.6 Å². The fourth-order valence-electron chi connectivity index (χ4n) is 2.12. The average molecular weight is 384 g/mol. The van der Waals surface area contributed by atoms with E-state index in [4.69, 9.17) is 4.74 Å². The van der Waals surface area contributed by atoms with Crippen LogP contribution in [0.5, 0.6) is 5.75 Å². The number of carbonyl (C=O) groups excluding carboxylic acids is 1. The summed E-state index contributed by atoms with van der Waals surface area (Å²) in [5, 5.41) is 2.38. The van der Waals surface area contributed by atoms with E-state index >= 15 is 0 Å². The highest BCUT2D eigenvalue weighted by Gasteiger charge is 2.21. The standard InChI is InChI=1S/C17H18F2N2O4S/c1-3-8-20-26(23,24)16-9-11(4-7-15(16)25-2)17(22)21-12-5-6-13(18)14(19)10-12/h4-7,9-10,20H,3,8H2,1-2H3,(H,21,22). The Morgan fingerprint density at radius 2 is 1.85 bits per heavy atom. The Hall–Kier alpha value is -2.52. The van der Waals surface area contributed by atoms with Crippen LogP contribution in [-0.4, -0.2) is 28.0 Å². The van der Waals surface area contributed by atoms with Crippen molar-refractivity contribution in [2.75, 3.05) is 19.0 Å². The lowest BCUT2D eigenvalue weighted by Gasteiger charge is -2.12. The number of anilines is 1. The van der Waals surface area contributed by atoms with E-state index in [0.29, 0.717) is 6.42 Å². The summed E-state index contributed by atoms with van der Waals surface area (Å²) >= 11 is 0. The molecule has 2 aromatic rings. The molecule has 0 aliphatic rings. The Balaban J connectivity index is 2.33. The van der Waals surface area contributed by atoms with Gasteiger partial charge < -0.3 is 10.1 Å². The summed E-state index contributed by atoms with van der Waals surface area (Å²) in [7, 11) is -2.56. The molecule has 0 unspecified atom stereocenters. The van der Waals surface area contributed by atoms with Gasteiger partial charge in [0.25, 0.3) is 5.91 Å². The van der Waals surface area contributed by atoms with E-state index in [1.165, 1.54) is 25.3 Å². The van der Waals surface area contributed by atoms with Gasteiger partial charge in [0.05, 0.1) is 7.11 Å². The molecule has 1 amide bonds. The first-order valence-corrected chi connectivity index (χ1v) is 9.21. The third-order valence-electron chi connectivity index (χ3n) is 3.43. The quantitative estimate of drug-likeness (QED) is 0.769. The maximum Gasteiger partial charge on any atom is 0.255 e. The molecule has 9 heteroatoms. The average Bonchev–Trinajstić information content (AvgIpc) is 2.62. The highest BCUT2D eigenvalue weighted by Crippen LogP contribution is 2.25. The van der Waals surface area contributed by atoms with E-state index < -0.39 is 27.6 Å². The van der Waals surface area contributed by atoms with Crippen molar-refractivity contribution in [1.82, 2.24) is 4.72 Å². The zero-order valence-electron chi connectivity index (χ0n) is 14.2. The van der Waals surface area contributed by atoms with E-state index in [2.05, 4.69) is 10.0 Å². The Morgan fingerprint density at radius 3 is 2.46 bits per heavy atom. The van der Waals surface area contributed by atoms with E-state index in [9.17, 15) is 22.0 Å². The molecule has 0 saturated heterocycles. The number of hydrogen-bond donors (Lipinski definition) is 2. The molecular weight excluding hydrogens is 366 g/mol. The van der Waals surface area contributed by atoms with Gasteiger partial charge in [0.2, 0.25) is 10.0 Å². The number of nitrogens with one attached hydrogen (secondary N) is 2. The lowest BCUT2D eigenvalue weighted by Crippen LogP contribution is -2.25. The molecule has 0 fully saturated rings. The molecule has 0 aromatic heterocycles. The second kappa shape index (κ2) is 8.24. The van der Waals surface area contributed by atoms with Gasteiger partial charge >= 0.3 is 0 Å². The monoisotopic (exact) mass is 384 g/mol. The molecule has 2 rings (SSSR count). The maximum absolute atomic E-state index is 13.2. The van der Waals surface area contributed by atoms with Crippen LogP contribution in [0.2, 0.25) is 0 Å². The topological polar surface area (TPSA) is 84.5 Å². The van der Waals surface area contributed by atoms with Crippen LogP contribution in [0.4, 0.5) is 14.5 Å². The summed E-state index contributed by atoms with van der Waals surface area (Å²) < 4.78 is 58.4. The van der Waals surface area contributed by atoms with Crippen LogP contribution in [0.15, 0.2) is 41.3 Å². The molecule has 0 aliphatic heterocycles. The maximum atomic E-state index is 13.2. The molecular formula is C17H18F2N2O4S. The van der Waals surface area contributed by atoms with Crippen molar-refractivity contribution >= 4 is 21.6 Å². The van der Waals surface area contributed by atoms with Gasteiger partial charge in [-0.05, 0) is 36.8 Å². The minimum atomic E-state index is -3.87. The third kappa shape index (κ3) is 4.55. The van der Waals surface area contributed by atoms with Gasteiger partial charge in [-0.25, -0.2) is 21.9 Å². The highest BCUT2D eigenvalue weighted by molar-refractivity contribution is 7.89. The van der Waals surface area contributed by atoms with Crippen LogP contribution in [-0.2, 0) is 10.0 Å². The van der Waals surface area contributed by atoms with E-state index in [1.807, 2.05) is 6.92 Å². The van der Waals surface area contributed by atoms with Gasteiger partial charge in [0.1, 0.15) is 10.6 Å². The van der Waals surface area contributed by atoms with Gasteiger partial charge in [0, 0.05) is 23.9 Å². The van der Waals surface area contributed by atoms with Crippen LogP contribution in [0, 0.1) is 11.6 Å². The summed E-state index contributed by atoms with van der Waals surface area (Å²) in [5.41, 5.74) is 0.0608. The molecule has 0 heterocycles. The molecule has 140 valence electrons. The first kappa shape index (κ1) is 19.8. The molecule has 2 N–H and O–H groups in total. The summed E-state index contributed by atoms with van der Waals surface area (Å²) in [6.45, 7) is 2.04. The number of sulfonamides is 1. The van der Waals surface area contributed by atoms with Gasteiger partial charge in [0.15, 0.2) is 11.6 Å². The van der Waals surface area contributed by atoms with E-state index in [0.717, 1.165) is 18.2 Å². The minimum Gasteiger partial charge on any atom is -0.495 e. The Kier molecular flexibility index (Phi) is 6.27. The van der Waals surface area contributed by atoms with E-state index in [1.54, 1.807) is 0 Å². The van der Waals surface area contributed by atoms with Crippen LogP contribution >= 0.6 is 0 Å². The molecule has 0 spiro atoms. The molecule has 0 radical (unpaired) electrons. The van der Waals surface area contributed by atoms with Crippen molar-refractivity contribution in [3.63, 3.8) is 0 Å². The zero-order valence-corrected chi connectivity index (χ0v) is 15.0. The Labute approximate surface area is 150 Å². The molecule has 0 atom stereocenters. The lowest BCUT2D eigenvalue weighted by molar-refractivity contribution is 0.102. The number of hydrogen-bond acceptors (Lipinski definition) is 4. The lowest BCUT2D eigenvalue weighted by atomic mass is 10.2. The fourth-order valence-corrected chi connectivity index (χ4v) is 3.45. The second-order valence-electron chi connectivity index (χ2n) is 5.35. The predicted molar refractivity (Wildman–Crippen MR) is 92.8 cm³/mol. The third-order valence-corrected chi connectivity index (χ3v) is 4.92. The van der Waals surface area contributed by atoms with Crippen molar-refractivity contribution in [1.29, 1.82) is 0 Å². The number of methoxy groups -OCH3 is 1. The number of benzene rings is 2. The Bertz CT molecular complexity index is 917. The van der Waals surface area contributed by atoms with Crippen molar-refractivity contribution in [2.24, 2.45) is 0 Å². The van der Waals surface area contributed by atoms with Gasteiger partial charge in [-0.15, -0.1) is 0 Å². The highest BCUT2D eigenvalue weighted by atomic mass is 32.2. The van der Waals surface area contributed by atoms with Crippen molar-refractivity contribution in [2.45, 2.75) is 18.2 Å². The number of halogens is 2. The number of rotatable bonds is 7. The van der Waals surface area contributed by atoms with E-state index in [-0.39, 0.29) is 28.4 Å². The first-order valence-electron chi connectivity index (χ1n) is 7.72. The van der Waals surface area contributed by atoms with Gasteiger partial charge in [-0.3, -0.25) is 4.79 Å². The zero-order chi connectivity index (χ0) is 19.3. The fraction of sp³-hybridized carbons (Fsp3) is 0.235. The summed E-state index contributed by atoms with van der Waals surface area (Å²) in [6, 6.07) is 6.78. The number of ether oxygens (including phenoxy) is 1. The summed E-state index contributed by atoms with van der Waals surface area (Å²) in [5.74, 6) is -2.74. The molecule has 6 nitrogen and oxygen atoms in total.